The number of nitrogens with one attached hydrogen (secondary N) is 1. The summed E-state index contributed by atoms with van der Waals surface area (Å²) in [5.74, 6) is -0.222. The quantitative estimate of drug-likeness (QED) is 0.308. The summed E-state index contributed by atoms with van der Waals surface area (Å²) in [4.78, 5) is 34.1. The number of hydrogen-bond acceptors (Lipinski definition) is 4. The Balaban J connectivity index is 1.28. The summed E-state index contributed by atoms with van der Waals surface area (Å²) in [6, 6.07) is 25.4. The fraction of sp³-hybridized carbons (Fsp3) is 0.129. The zero-order valence-corrected chi connectivity index (χ0v) is 21.7. The van der Waals surface area contributed by atoms with Crippen LogP contribution in [-0.2, 0) is 19.6 Å². The molecule has 1 N–H and O–H groups in total. The van der Waals surface area contributed by atoms with Gasteiger partial charge in [0.1, 0.15) is 5.69 Å². The Morgan fingerprint density at radius 2 is 1.82 bits per heavy atom. The average Bonchev–Trinajstić information content (AvgIpc) is 3.53. The molecule has 2 amide bonds. The molecule has 188 valence electrons. The van der Waals surface area contributed by atoms with Gasteiger partial charge in [-0.15, -0.1) is 11.3 Å². The third-order valence-corrected chi connectivity index (χ3v) is 7.90. The van der Waals surface area contributed by atoms with E-state index in [2.05, 4.69) is 28.7 Å². The van der Waals surface area contributed by atoms with Crippen molar-refractivity contribution in [2.45, 2.75) is 26.6 Å². The Hall–Kier alpha value is -4.49. The summed E-state index contributed by atoms with van der Waals surface area (Å²) in [6.45, 7) is 3.36. The minimum atomic E-state index is -0.156. The molecule has 6 rings (SSSR count). The van der Waals surface area contributed by atoms with Crippen LogP contribution in [0.15, 0.2) is 96.6 Å². The van der Waals surface area contributed by atoms with E-state index in [0.29, 0.717) is 30.9 Å². The second-order valence-corrected chi connectivity index (χ2v) is 10.3. The van der Waals surface area contributed by atoms with Crippen molar-refractivity contribution in [2.75, 3.05) is 4.90 Å². The van der Waals surface area contributed by atoms with E-state index in [9.17, 15) is 9.59 Å². The predicted octanol–water partition coefficient (Wildman–Crippen LogP) is 6.06. The summed E-state index contributed by atoms with van der Waals surface area (Å²) in [5.41, 5.74) is 7.24. The minimum absolute atomic E-state index is 0.0661. The highest BCUT2D eigenvalue weighted by molar-refractivity contribution is 7.13. The maximum atomic E-state index is 13.8. The molecule has 0 fully saturated rings. The molecular formula is C31H26N4O2S. The number of aryl methyl sites for hydroxylation is 1. The van der Waals surface area contributed by atoms with Gasteiger partial charge in [0.05, 0.1) is 13.1 Å². The van der Waals surface area contributed by atoms with E-state index in [1.165, 1.54) is 10.4 Å². The van der Waals surface area contributed by atoms with Crippen molar-refractivity contribution in [1.82, 2.24) is 14.9 Å². The van der Waals surface area contributed by atoms with Gasteiger partial charge in [-0.2, -0.15) is 0 Å². The van der Waals surface area contributed by atoms with E-state index in [-0.39, 0.29) is 11.8 Å². The number of aromatic nitrogens is 2. The summed E-state index contributed by atoms with van der Waals surface area (Å²) in [7, 11) is 0. The highest BCUT2D eigenvalue weighted by Crippen LogP contribution is 2.31. The average molecular weight is 519 g/mol. The summed E-state index contributed by atoms with van der Waals surface area (Å²) >= 11 is 1.70. The lowest BCUT2D eigenvalue weighted by atomic mass is 10.1. The standard InChI is InChI=1S/C31H26N4O2S/c1-21-15-29(38-20-21)23-8-10-24(11-9-23)31(37)35-19-26-12-13-28(30(36)33-17-22-5-4-14-32-16-22)34(26)18-25-6-2-3-7-27(25)35/h2-16,20H,17-19H2,1H3,(H,33,36). The number of hydrogen-bond donors (Lipinski definition) is 1. The fourth-order valence-electron chi connectivity index (χ4n) is 4.83. The van der Waals surface area contributed by atoms with Gasteiger partial charge in [0.2, 0.25) is 0 Å². The highest BCUT2D eigenvalue weighted by atomic mass is 32.1. The van der Waals surface area contributed by atoms with Crippen molar-refractivity contribution in [3.05, 3.63) is 130 Å². The number of benzene rings is 2. The largest absolute Gasteiger partial charge is 0.347 e. The van der Waals surface area contributed by atoms with Crippen LogP contribution < -0.4 is 10.2 Å². The van der Waals surface area contributed by atoms with Crippen LogP contribution in [0.3, 0.4) is 0 Å². The number of pyridine rings is 1. The molecule has 0 radical (unpaired) electrons. The molecule has 0 atom stereocenters. The molecule has 2 aromatic carbocycles. The zero-order valence-electron chi connectivity index (χ0n) is 20.9. The predicted molar refractivity (Wildman–Crippen MR) is 150 cm³/mol. The number of anilines is 1. The second-order valence-electron chi connectivity index (χ2n) is 9.43. The van der Waals surface area contributed by atoms with Crippen LogP contribution in [0.2, 0.25) is 0 Å². The van der Waals surface area contributed by atoms with E-state index in [0.717, 1.165) is 28.1 Å². The van der Waals surface area contributed by atoms with Crippen molar-refractivity contribution in [3.8, 4) is 10.4 Å². The monoisotopic (exact) mass is 518 g/mol. The Bertz CT molecular complexity index is 1620. The molecule has 38 heavy (non-hydrogen) atoms. The number of carbonyl (C=O) groups excluding carboxylic acids is 2. The molecule has 0 bridgehead atoms. The smallest absolute Gasteiger partial charge is 0.268 e. The van der Waals surface area contributed by atoms with Crippen LogP contribution in [0, 0.1) is 6.92 Å². The van der Waals surface area contributed by atoms with Crippen LogP contribution >= 0.6 is 11.3 Å². The lowest BCUT2D eigenvalue weighted by Crippen LogP contribution is -2.30. The molecule has 5 aromatic rings. The van der Waals surface area contributed by atoms with Crippen molar-refractivity contribution in [3.63, 3.8) is 0 Å². The summed E-state index contributed by atoms with van der Waals surface area (Å²) in [6.07, 6.45) is 3.45. The second kappa shape index (κ2) is 10.1. The molecule has 0 unspecified atom stereocenters. The normalized spacial score (nSPS) is 12.4. The summed E-state index contributed by atoms with van der Waals surface area (Å²) in [5, 5.41) is 5.13. The topological polar surface area (TPSA) is 67.2 Å². The van der Waals surface area contributed by atoms with Gasteiger partial charge in [0, 0.05) is 40.8 Å². The molecule has 1 aliphatic heterocycles. The molecule has 6 nitrogen and oxygen atoms in total. The summed E-state index contributed by atoms with van der Waals surface area (Å²) < 4.78 is 2.01. The van der Waals surface area contributed by atoms with E-state index >= 15 is 0 Å². The Labute approximate surface area is 225 Å². The van der Waals surface area contributed by atoms with E-state index in [4.69, 9.17) is 0 Å². The Morgan fingerprint density at radius 3 is 2.58 bits per heavy atom. The minimum Gasteiger partial charge on any atom is -0.347 e. The number of thiophene rings is 1. The molecular weight excluding hydrogens is 492 g/mol. The van der Waals surface area contributed by atoms with Gasteiger partial charge in [-0.05, 0) is 77.0 Å². The van der Waals surface area contributed by atoms with Gasteiger partial charge in [-0.3, -0.25) is 14.6 Å². The number of rotatable bonds is 5. The van der Waals surface area contributed by atoms with E-state index < -0.39 is 0 Å². The Kier molecular flexibility index (Phi) is 6.35. The van der Waals surface area contributed by atoms with Crippen molar-refractivity contribution < 1.29 is 9.59 Å². The van der Waals surface area contributed by atoms with Gasteiger partial charge in [-0.1, -0.05) is 36.4 Å². The van der Waals surface area contributed by atoms with Gasteiger partial charge in [0.15, 0.2) is 0 Å². The molecule has 1 aliphatic rings. The number of fused-ring (bicyclic) bond motifs is 2. The van der Waals surface area contributed by atoms with E-state index in [1.807, 2.05) is 82.3 Å². The van der Waals surface area contributed by atoms with Gasteiger partial charge in [-0.25, -0.2) is 0 Å². The van der Waals surface area contributed by atoms with Gasteiger partial charge in [0.25, 0.3) is 11.8 Å². The van der Waals surface area contributed by atoms with Crippen LogP contribution in [0.5, 0.6) is 0 Å². The van der Waals surface area contributed by atoms with Crippen molar-refractivity contribution in [1.29, 1.82) is 0 Å². The van der Waals surface area contributed by atoms with E-state index in [1.54, 1.807) is 23.7 Å². The van der Waals surface area contributed by atoms with Crippen LogP contribution in [-0.4, -0.2) is 21.4 Å². The molecule has 0 saturated carbocycles. The first-order valence-electron chi connectivity index (χ1n) is 12.5. The molecule has 0 spiro atoms. The number of nitrogens with zero attached hydrogens (tertiary/aromatic N) is 3. The highest BCUT2D eigenvalue weighted by Gasteiger charge is 2.27. The molecule has 0 aliphatic carbocycles. The number of para-hydroxylation sites is 1. The lowest BCUT2D eigenvalue weighted by Gasteiger charge is -2.23. The lowest BCUT2D eigenvalue weighted by molar-refractivity contribution is 0.0941. The van der Waals surface area contributed by atoms with Crippen LogP contribution in [0.1, 0.15) is 43.2 Å². The van der Waals surface area contributed by atoms with Gasteiger partial charge >= 0.3 is 0 Å². The zero-order chi connectivity index (χ0) is 26.1. The van der Waals surface area contributed by atoms with Crippen LogP contribution in [0.4, 0.5) is 5.69 Å². The Morgan fingerprint density at radius 1 is 0.974 bits per heavy atom. The molecule has 3 aromatic heterocycles. The first-order chi connectivity index (χ1) is 18.6. The maximum Gasteiger partial charge on any atom is 0.268 e. The fourth-order valence-corrected chi connectivity index (χ4v) is 5.74. The SMILES string of the molecule is Cc1csc(-c2ccc(C(=O)N3Cc4ccc(C(=O)NCc5cccnc5)n4Cc4ccccc43)cc2)c1. The van der Waals surface area contributed by atoms with Gasteiger partial charge < -0.3 is 14.8 Å². The first-order valence-corrected chi connectivity index (χ1v) is 13.4. The molecule has 7 heteroatoms. The number of amides is 2. The maximum absolute atomic E-state index is 13.8. The third kappa shape index (κ3) is 4.64. The van der Waals surface area contributed by atoms with Crippen LogP contribution in [0.25, 0.3) is 10.4 Å². The number of carbonyl (C=O) groups is 2. The molecule has 4 heterocycles. The molecule has 0 saturated heterocycles. The van der Waals surface area contributed by atoms with Crippen molar-refractivity contribution >= 4 is 28.8 Å². The third-order valence-electron chi connectivity index (χ3n) is 6.80. The first kappa shape index (κ1) is 23.9. The van der Waals surface area contributed by atoms with Crippen molar-refractivity contribution in [2.24, 2.45) is 0 Å².